The minimum absolute atomic E-state index is 0.0418. The zero-order valence-corrected chi connectivity index (χ0v) is 28.9. The summed E-state index contributed by atoms with van der Waals surface area (Å²) in [5.74, 6) is 3.32. The van der Waals surface area contributed by atoms with Crippen molar-refractivity contribution >= 4 is 16.8 Å². The van der Waals surface area contributed by atoms with E-state index in [1.54, 1.807) is 12.7 Å². The van der Waals surface area contributed by atoms with Crippen LogP contribution < -0.4 is 9.47 Å². The number of benzene rings is 6. The Morgan fingerprint density at radius 2 is 1.38 bits per heavy atom. The summed E-state index contributed by atoms with van der Waals surface area (Å²) in [5.41, 5.74) is 13.9. The maximum atomic E-state index is 7.76. The molecule has 1 aliphatic heterocycles. The Bertz CT molecular complexity index is 2450. The molecule has 6 aromatic rings. The van der Waals surface area contributed by atoms with Gasteiger partial charge in [0.2, 0.25) is 0 Å². The molecule has 2 saturated carbocycles. The Labute approximate surface area is 294 Å². The fraction of sp³-hybridized carbons (Fsp3) is 0.250. The summed E-state index contributed by atoms with van der Waals surface area (Å²) in [7, 11) is 1.73. The van der Waals surface area contributed by atoms with Gasteiger partial charge in [0.05, 0.1) is 7.11 Å². The summed E-state index contributed by atoms with van der Waals surface area (Å²) in [5, 5.41) is 2.49. The first kappa shape index (κ1) is 28.7. The number of fused-ring (bicyclic) bond motifs is 16. The van der Waals surface area contributed by atoms with E-state index in [0.717, 1.165) is 28.5 Å². The quantitative estimate of drug-likeness (QED) is 0.190. The molecule has 0 radical (unpaired) electrons. The maximum Gasteiger partial charge on any atom is 0.178 e. The highest BCUT2D eigenvalue weighted by atomic mass is 16.5. The van der Waals surface area contributed by atoms with Crippen LogP contribution in [0.15, 0.2) is 121 Å². The average molecular weight is 649 g/mol. The number of methoxy groups -OCH3 is 1. The van der Waals surface area contributed by atoms with Gasteiger partial charge in [0.25, 0.3) is 0 Å². The monoisotopic (exact) mass is 648 g/mol. The Morgan fingerprint density at radius 1 is 0.680 bits per heavy atom. The molecular weight excluding hydrogens is 609 g/mol. The molecule has 11 rings (SSSR count). The largest absolute Gasteiger partial charge is 0.497 e. The lowest BCUT2D eigenvalue weighted by Gasteiger charge is -2.41. The van der Waals surface area contributed by atoms with Crippen molar-refractivity contribution in [3.8, 4) is 33.8 Å². The highest BCUT2D eigenvalue weighted by molar-refractivity contribution is 6.08. The van der Waals surface area contributed by atoms with Crippen molar-refractivity contribution in [3.05, 3.63) is 160 Å². The summed E-state index contributed by atoms with van der Waals surface area (Å²) >= 11 is 0. The van der Waals surface area contributed by atoms with Gasteiger partial charge in [0, 0.05) is 32.9 Å². The summed E-state index contributed by atoms with van der Waals surface area (Å²) in [4.78, 5) is 0. The second kappa shape index (κ2) is 9.79. The fourth-order valence-electron chi connectivity index (χ4n) is 11.3. The zero-order valence-electron chi connectivity index (χ0n) is 28.9. The molecule has 244 valence electrons. The van der Waals surface area contributed by atoms with Crippen LogP contribution >= 0.6 is 0 Å². The van der Waals surface area contributed by atoms with Crippen LogP contribution in [0.5, 0.6) is 11.5 Å². The van der Waals surface area contributed by atoms with E-state index in [1.807, 2.05) is 0 Å². The fourth-order valence-corrected chi connectivity index (χ4v) is 11.3. The predicted molar refractivity (Wildman–Crippen MR) is 203 cm³/mol. The Morgan fingerprint density at radius 3 is 2.14 bits per heavy atom. The van der Waals surface area contributed by atoms with Crippen LogP contribution in [0.25, 0.3) is 39.1 Å². The van der Waals surface area contributed by atoms with Crippen LogP contribution in [-0.2, 0) is 16.4 Å². The van der Waals surface area contributed by atoms with Crippen molar-refractivity contribution in [1.82, 2.24) is 0 Å². The first-order chi connectivity index (χ1) is 24.4. The van der Waals surface area contributed by atoms with Gasteiger partial charge >= 0.3 is 0 Å². The predicted octanol–water partition coefficient (Wildman–Crippen LogP) is 11.6. The van der Waals surface area contributed by atoms with Gasteiger partial charge in [-0.25, -0.2) is 0 Å². The van der Waals surface area contributed by atoms with Gasteiger partial charge in [0.1, 0.15) is 11.5 Å². The van der Waals surface area contributed by atoms with Gasteiger partial charge < -0.3 is 9.47 Å². The molecule has 0 saturated heterocycles. The lowest BCUT2D eigenvalue weighted by Crippen LogP contribution is -2.37. The van der Waals surface area contributed by atoms with E-state index < -0.39 is 5.60 Å². The SMILES string of the molecule is COc1ccc(C2(c3ccc4c(c3)C(C)(C)c3ccccc3-4)C=Cc3c4c(c5ccccc5c3O2)-c2ccccc2C42CC3CCC2C3)cc1. The van der Waals surface area contributed by atoms with E-state index >= 15 is 0 Å². The third-order valence-electron chi connectivity index (χ3n) is 13.5. The van der Waals surface area contributed by atoms with Gasteiger partial charge in [-0.3, -0.25) is 0 Å². The van der Waals surface area contributed by atoms with Crippen LogP contribution in [0.1, 0.15) is 78.5 Å². The lowest BCUT2D eigenvalue weighted by molar-refractivity contribution is 0.162. The van der Waals surface area contributed by atoms with Crippen LogP contribution in [0.2, 0.25) is 0 Å². The molecule has 6 aromatic carbocycles. The second-order valence-corrected chi connectivity index (χ2v) is 16.0. The molecule has 50 heavy (non-hydrogen) atoms. The highest BCUT2D eigenvalue weighted by Gasteiger charge is 2.58. The van der Waals surface area contributed by atoms with Crippen molar-refractivity contribution in [1.29, 1.82) is 0 Å². The smallest absolute Gasteiger partial charge is 0.178 e. The van der Waals surface area contributed by atoms with E-state index in [2.05, 4.69) is 141 Å². The normalized spacial score (nSPS) is 25.6. The lowest BCUT2D eigenvalue weighted by atomic mass is 9.65. The minimum atomic E-state index is -0.830. The average Bonchev–Trinajstić information content (AvgIpc) is 3.91. The van der Waals surface area contributed by atoms with Gasteiger partial charge in [-0.1, -0.05) is 123 Å². The molecule has 4 aliphatic carbocycles. The Hall–Kier alpha value is -5.08. The summed E-state index contributed by atoms with van der Waals surface area (Å²) in [6.07, 6.45) is 10.1. The molecule has 1 heterocycles. The Balaban J connectivity index is 1.19. The molecule has 2 fully saturated rings. The van der Waals surface area contributed by atoms with Crippen LogP contribution in [0.3, 0.4) is 0 Å². The van der Waals surface area contributed by atoms with Crippen LogP contribution in [0, 0.1) is 11.8 Å². The Kier molecular flexibility index (Phi) is 5.62. The number of ether oxygens (including phenoxy) is 2. The minimum Gasteiger partial charge on any atom is -0.497 e. The first-order valence-corrected chi connectivity index (χ1v) is 18.4. The molecule has 5 aliphatic rings. The van der Waals surface area contributed by atoms with E-state index in [1.165, 1.54) is 81.0 Å². The summed E-state index contributed by atoms with van der Waals surface area (Å²) < 4.78 is 13.4. The van der Waals surface area contributed by atoms with E-state index in [0.29, 0.717) is 5.92 Å². The maximum absolute atomic E-state index is 7.76. The molecule has 0 amide bonds. The third-order valence-corrected chi connectivity index (χ3v) is 13.5. The molecule has 4 atom stereocenters. The van der Waals surface area contributed by atoms with Gasteiger partial charge in [-0.15, -0.1) is 0 Å². The van der Waals surface area contributed by atoms with Gasteiger partial charge in [0.15, 0.2) is 5.60 Å². The summed E-state index contributed by atoms with van der Waals surface area (Å²) in [6.45, 7) is 4.72. The summed E-state index contributed by atoms with van der Waals surface area (Å²) in [6, 6.07) is 42.8. The van der Waals surface area contributed by atoms with Gasteiger partial charge in [-0.05, 0) is 105 Å². The van der Waals surface area contributed by atoms with Crippen molar-refractivity contribution in [2.75, 3.05) is 7.11 Å². The third kappa shape index (κ3) is 3.45. The number of rotatable bonds is 3. The van der Waals surface area contributed by atoms with Crippen LogP contribution in [0.4, 0.5) is 0 Å². The van der Waals surface area contributed by atoms with Crippen molar-refractivity contribution < 1.29 is 9.47 Å². The molecule has 2 heteroatoms. The first-order valence-electron chi connectivity index (χ1n) is 18.4. The zero-order chi connectivity index (χ0) is 33.4. The topological polar surface area (TPSA) is 18.5 Å². The van der Waals surface area contributed by atoms with Gasteiger partial charge in [-0.2, -0.15) is 0 Å². The molecular formula is C48H40O2. The molecule has 4 unspecified atom stereocenters. The molecule has 0 aromatic heterocycles. The molecule has 2 nitrogen and oxygen atoms in total. The number of hydrogen-bond acceptors (Lipinski definition) is 2. The molecule has 1 spiro atoms. The number of hydrogen-bond donors (Lipinski definition) is 0. The van der Waals surface area contributed by atoms with E-state index in [-0.39, 0.29) is 10.8 Å². The standard InChI is InChI=1S/C48H40O2/c1-46(2)40-14-8-6-10-34(40)35-23-20-32(27-42(35)46)48(30-18-21-33(49-3)22-19-30)25-24-39-44-43(36-11-4-5-12-37(36)45(39)50-48)38-13-7-9-15-41(38)47(44)28-29-16-17-31(47)26-29/h4-15,18-25,27,29,31H,16-17,26,28H2,1-3H3. The van der Waals surface area contributed by atoms with E-state index in [9.17, 15) is 0 Å². The molecule has 0 N–H and O–H groups in total. The van der Waals surface area contributed by atoms with Crippen molar-refractivity contribution in [3.63, 3.8) is 0 Å². The van der Waals surface area contributed by atoms with E-state index in [4.69, 9.17) is 9.47 Å². The highest BCUT2D eigenvalue weighted by Crippen LogP contribution is 2.68. The molecule has 2 bridgehead atoms. The van der Waals surface area contributed by atoms with Crippen molar-refractivity contribution in [2.45, 2.75) is 56.0 Å². The second-order valence-electron chi connectivity index (χ2n) is 16.0. The van der Waals surface area contributed by atoms with Crippen molar-refractivity contribution in [2.24, 2.45) is 11.8 Å². The van der Waals surface area contributed by atoms with Crippen LogP contribution in [-0.4, -0.2) is 7.11 Å².